The van der Waals surface area contributed by atoms with Crippen LogP contribution in [0.2, 0.25) is 0 Å². The molecule has 1 aromatic rings. The fraction of sp³-hybridized carbons (Fsp3) is 0.143. The van der Waals surface area contributed by atoms with Crippen LogP contribution in [0.4, 0.5) is 9.41 Å². The molecule has 0 atom stereocenters. The van der Waals surface area contributed by atoms with Gasteiger partial charge in [0, 0.05) is 19.8 Å². The molecule has 4 heteroatoms. The maximum atomic E-state index is 4.91. The van der Waals surface area contributed by atoms with E-state index in [1.165, 1.54) is 0 Å². The second-order valence-electron chi connectivity index (χ2n) is 1.52. The van der Waals surface area contributed by atoms with Crippen molar-refractivity contribution in [1.82, 2.24) is 0 Å². The van der Waals surface area contributed by atoms with Crippen LogP contribution in [0.1, 0.15) is 0 Å². The predicted molar refractivity (Wildman–Crippen MR) is 38.0 cm³/mol. The molecule has 1 aromatic carbocycles. The molecular weight excluding hydrogens is 328 g/mol. The van der Waals surface area contributed by atoms with Gasteiger partial charge in [0.2, 0.25) is 0 Å². The Bertz CT molecular complexity index is 158. The van der Waals surface area contributed by atoms with Gasteiger partial charge in [0.05, 0.1) is 7.11 Å². The largest absolute Gasteiger partial charge is 0.497 e. The summed E-state index contributed by atoms with van der Waals surface area (Å²) in [5, 5.41) is 0. The predicted octanol–water partition coefficient (Wildman–Crippen LogP) is 2.00. The smallest absolute Gasteiger partial charge is 0.118 e. The second-order valence-corrected chi connectivity index (χ2v) is 1.52. The summed E-state index contributed by atoms with van der Waals surface area (Å²) in [6, 6.07) is 9.68. The molecule has 0 aliphatic heterocycles. The minimum Gasteiger partial charge on any atom is -0.497 e. The molecule has 1 nitrogen and oxygen atoms in total. The van der Waals surface area contributed by atoms with Crippen molar-refractivity contribution < 1.29 is 33.9 Å². The molecule has 1 rings (SSSR count). The second kappa shape index (κ2) is 9.52. The number of hydrogen-bond donors (Lipinski definition) is 0. The molecule has 0 saturated carbocycles. The molecule has 0 unspecified atom stereocenters. The SMILES string of the molecule is COc1ccccc1.F.F.[Os]. The zero-order valence-corrected chi connectivity index (χ0v) is 8.51. The van der Waals surface area contributed by atoms with Crippen molar-refractivity contribution >= 4 is 0 Å². The fourth-order valence-corrected chi connectivity index (χ4v) is 0.557. The van der Waals surface area contributed by atoms with Crippen molar-refractivity contribution in [2.24, 2.45) is 0 Å². The summed E-state index contributed by atoms with van der Waals surface area (Å²) in [6.45, 7) is 0. The van der Waals surface area contributed by atoms with Crippen LogP contribution in [0.15, 0.2) is 30.3 Å². The molecule has 66 valence electrons. The number of para-hydroxylation sites is 1. The minimum atomic E-state index is 0. The first-order valence-corrected chi connectivity index (χ1v) is 2.52. The van der Waals surface area contributed by atoms with E-state index in [1.807, 2.05) is 30.3 Å². The van der Waals surface area contributed by atoms with Crippen LogP contribution in [-0.4, -0.2) is 7.11 Å². The van der Waals surface area contributed by atoms with E-state index in [9.17, 15) is 0 Å². The fourth-order valence-electron chi connectivity index (χ4n) is 0.557. The van der Waals surface area contributed by atoms with Gasteiger partial charge in [-0.15, -0.1) is 0 Å². The van der Waals surface area contributed by atoms with Crippen LogP contribution in [0.3, 0.4) is 0 Å². The van der Waals surface area contributed by atoms with Crippen molar-refractivity contribution in [2.45, 2.75) is 0 Å². The zero-order chi connectivity index (χ0) is 5.82. The maximum absolute atomic E-state index is 4.91. The molecule has 0 aliphatic carbocycles. The van der Waals surface area contributed by atoms with E-state index in [1.54, 1.807) is 7.11 Å². The van der Waals surface area contributed by atoms with Crippen LogP contribution in [0, 0.1) is 0 Å². The average molecular weight is 338 g/mol. The van der Waals surface area contributed by atoms with E-state index >= 15 is 0 Å². The molecule has 0 saturated heterocycles. The Morgan fingerprint density at radius 3 is 1.73 bits per heavy atom. The number of methoxy groups -OCH3 is 1. The summed E-state index contributed by atoms with van der Waals surface area (Å²) in [5.41, 5.74) is 0. The third-order valence-corrected chi connectivity index (χ3v) is 0.979. The topological polar surface area (TPSA) is 9.23 Å². The van der Waals surface area contributed by atoms with Gasteiger partial charge in [0.1, 0.15) is 5.75 Å². The Morgan fingerprint density at radius 1 is 1.00 bits per heavy atom. The molecule has 0 spiro atoms. The van der Waals surface area contributed by atoms with E-state index in [4.69, 9.17) is 4.74 Å². The van der Waals surface area contributed by atoms with Crippen LogP contribution < -0.4 is 4.74 Å². The summed E-state index contributed by atoms with van der Waals surface area (Å²) >= 11 is 0. The third kappa shape index (κ3) is 5.94. The Morgan fingerprint density at radius 2 is 1.45 bits per heavy atom. The number of benzene rings is 1. The van der Waals surface area contributed by atoms with Gasteiger partial charge in [0.25, 0.3) is 0 Å². The third-order valence-electron chi connectivity index (χ3n) is 0.979. The Kier molecular flexibility index (Phi) is 14.6. The van der Waals surface area contributed by atoms with Gasteiger partial charge >= 0.3 is 0 Å². The molecule has 0 radical (unpaired) electrons. The molecule has 0 aromatic heterocycles. The maximum Gasteiger partial charge on any atom is 0.118 e. The quantitative estimate of drug-likeness (QED) is 0.761. The number of halogens is 2. The van der Waals surface area contributed by atoms with Gasteiger partial charge in [-0.1, -0.05) is 18.2 Å². The minimum absolute atomic E-state index is 0. The van der Waals surface area contributed by atoms with Crippen molar-refractivity contribution in [3.8, 4) is 5.75 Å². The van der Waals surface area contributed by atoms with Crippen molar-refractivity contribution in [1.29, 1.82) is 0 Å². The van der Waals surface area contributed by atoms with E-state index in [-0.39, 0.29) is 29.2 Å². The van der Waals surface area contributed by atoms with E-state index < -0.39 is 0 Å². The van der Waals surface area contributed by atoms with E-state index in [0.717, 1.165) is 5.75 Å². The Labute approximate surface area is 77.5 Å². The van der Waals surface area contributed by atoms with Crippen molar-refractivity contribution in [3.63, 3.8) is 0 Å². The molecule has 0 fully saturated rings. The summed E-state index contributed by atoms with van der Waals surface area (Å²) < 4.78 is 4.91. The first-order chi connectivity index (χ1) is 3.93. The van der Waals surface area contributed by atoms with Crippen molar-refractivity contribution in [3.05, 3.63) is 30.3 Å². The summed E-state index contributed by atoms with van der Waals surface area (Å²) in [5.74, 6) is 0.910. The number of hydrogen-bond acceptors (Lipinski definition) is 1. The molecule has 0 heterocycles. The van der Waals surface area contributed by atoms with Gasteiger partial charge in [0.15, 0.2) is 0 Å². The van der Waals surface area contributed by atoms with Gasteiger partial charge in [-0.25, -0.2) is 0 Å². The Balaban J connectivity index is -0.000000213. The summed E-state index contributed by atoms with van der Waals surface area (Å²) in [4.78, 5) is 0. The van der Waals surface area contributed by atoms with E-state index in [2.05, 4.69) is 0 Å². The molecule has 0 N–H and O–H groups in total. The van der Waals surface area contributed by atoms with Crippen molar-refractivity contribution in [2.75, 3.05) is 7.11 Å². The summed E-state index contributed by atoms with van der Waals surface area (Å²) in [6.07, 6.45) is 0. The normalized spacial score (nSPS) is 6.27. The van der Waals surface area contributed by atoms with E-state index in [0.29, 0.717) is 0 Å². The standard InChI is InChI=1S/C7H8O.2FH.Os/c1-8-7-5-3-2-4-6-7;;;/h2-6H,1H3;2*1H;. The van der Waals surface area contributed by atoms with Crippen LogP contribution in [0.5, 0.6) is 5.75 Å². The molecule has 0 bridgehead atoms. The molecule has 11 heavy (non-hydrogen) atoms. The first kappa shape index (κ1) is 16.9. The Hall–Kier alpha value is -0.484. The average Bonchev–Trinajstić information content (AvgIpc) is 1.90. The van der Waals surface area contributed by atoms with Gasteiger partial charge in [-0.05, 0) is 12.1 Å². The molecule has 0 amide bonds. The van der Waals surface area contributed by atoms with Crippen LogP contribution in [0.25, 0.3) is 0 Å². The monoisotopic (exact) mass is 340 g/mol. The van der Waals surface area contributed by atoms with Gasteiger partial charge < -0.3 is 4.74 Å². The zero-order valence-electron chi connectivity index (χ0n) is 5.97. The van der Waals surface area contributed by atoms with Crippen LogP contribution >= 0.6 is 0 Å². The molecular formula is C7H10F2OOs. The summed E-state index contributed by atoms with van der Waals surface area (Å²) in [7, 11) is 1.66. The number of rotatable bonds is 1. The molecule has 0 aliphatic rings. The van der Waals surface area contributed by atoms with Gasteiger partial charge in [-0.2, -0.15) is 0 Å². The first-order valence-electron chi connectivity index (χ1n) is 2.52. The van der Waals surface area contributed by atoms with Crippen LogP contribution in [-0.2, 0) is 19.8 Å². The number of ether oxygens (including phenoxy) is 1. The van der Waals surface area contributed by atoms with Gasteiger partial charge in [-0.3, -0.25) is 9.41 Å².